The van der Waals surface area contributed by atoms with E-state index in [0.29, 0.717) is 28.2 Å². The van der Waals surface area contributed by atoms with Gasteiger partial charge in [-0.1, -0.05) is 49.7 Å². The summed E-state index contributed by atoms with van der Waals surface area (Å²) in [5.41, 5.74) is 3.25. The second-order valence-electron chi connectivity index (χ2n) is 7.29. The third-order valence-electron chi connectivity index (χ3n) is 4.72. The molecule has 0 spiro atoms. The van der Waals surface area contributed by atoms with Crippen molar-refractivity contribution >= 4 is 34.1 Å². The SMILES string of the molecule is Cc1ccc(NC(=O)Cn2c(-c3nnc(C(C)C)o3)cc3ccccc32)cc1Cl. The van der Waals surface area contributed by atoms with Gasteiger partial charge >= 0.3 is 0 Å². The standard InChI is InChI=1S/C22H21ClN4O2/c1-13(2)21-25-26-22(29-21)19-10-15-6-4-5-7-18(15)27(19)12-20(28)24-16-9-8-14(3)17(23)11-16/h4-11,13H,12H2,1-3H3,(H,24,28). The van der Waals surface area contributed by atoms with Gasteiger partial charge in [0, 0.05) is 27.5 Å². The van der Waals surface area contributed by atoms with Crippen molar-refractivity contribution < 1.29 is 9.21 Å². The zero-order chi connectivity index (χ0) is 20.5. The first-order valence-corrected chi connectivity index (χ1v) is 9.78. The summed E-state index contributed by atoms with van der Waals surface area (Å²) in [5, 5.41) is 12.8. The van der Waals surface area contributed by atoms with Crippen molar-refractivity contribution in [3.8, 4) is 11.6 Å². The summed E-state index contributed by atoms with van der Waals surface area (Å²) in [6.45, 7) is 6.01. The Morgan fingerprint density at radius 1 is 1.17 bits per heavy atom. The first-order chi connectivity index (χ1) is 13.9. The number of nitrogens with zero attached hydrogens (tertiary/aromatic N) is 3. The van der Waals surface area contributed by atoms with Gasteiger partial charge in [0.2, 0.25) is 11.8 Å². The quantitative estimate of drug-likeness (QED) is 0.478. The molecule has 0 aliphatic heterocycles. The van der Waals surface area contributed by atoms with Crippen molar-refractivity contribution in [1.82, 2.24) is 14.8 Å². The first kappa shape index (κ1) is 19.2. The minimum atomic E-state index is -0.170. The molecule has 29 heavy (non-hydrogen) atoms. The maximum Gasteiger partial charge on any atom is 0.264 e. The van der Waals surface area contributed by atoms with E-state index in [-0.39, 0.29) is 18.4 Å². The lowest BCUT2D eigenvalue weighted by atomic mass is 10.2. The third kappa shape index (κ3) is 3.89. The summed E-state index contributed by atoms with van der Waals surface area (Å²) >= 11 is 6.17. The molecule has 0 unspecified atom stereocenters. The van der Waals surface area contributed by atoms with Gasteiger partial charge in [0.1, 0.15) is 12.2 Å². The summed E-state index contributed by atoms with van der Waals surface area (Å²) in [5.74, 6) is 0.923. The second-order valence-corrected chi connectivity index (χ2v) is 7.69. The summed E-state index contributed by atoms with van der Waals surface area (Å²) < 4.78 is 7.72. The third-order valence-corrected chi connectivity index (χ3v) is 5.13. The van der Waals surface area contributed by atoms with E-state index in [1.54, 1.807) is 6.07 Å². The number of hydrogen-bond donors (Lipinski definition) is 1. The number of carbonyl (C=O) groups is 1. The Morgan fingerprint density at radius 2 is 1.97 bits per heavy atom. The van der Waals surface area contributed by atoms with Crippen LogP contribution in [-0.2, 0) is 11.3 Å². The van der Waals surface area contributed by atoms with Crippen LogP contribution in [0.3, 0.4) is 0 Å². The number of aryl methyl sites for hydroxylation is 1. The Labute approximate surface area is 173 Å². The van der Waals surface area contributed by atoms with Crippen LogP contribution in [0.25, 0.3) is 22.5 Å². The molecule has 0 saturated heterocycles. The molecule has 0 radical (unpaired) electrons. The van der Waals surface area contributed by atoms with E-state index in [9.17, 15) is 4.79 Å². The molecule has 0 aliphatic carbocycles. The summed E-state index contributed by atoms with van der Waals surface area (Å²) in [7, 11) is 0. The van der Waals surface area contributed by atoms with E-state index in [4.69, 9.17) is 16.0 Å². The maximum atomic E-state index is 12.8. The Hall–Kier alpha value is -3.12. The summed E-state index contributed by atoms with van der Waals surface area (Å²) in [4.78, 5) is 12.8. The maximum absolute atomic E-state index is 12.8. The van der Waals surface area contributed by atoms with E-state index in [1.807, 2.05) is 67.8 Å². The number of anilines is 1. The van der Waals surface area contributed by atoms with Crippen LogP contribution in [0.5, 0.6) is 0 Å². The topological polar surface area (TPSA) is 73.0 Å². The molecule has 0 atom stereocenters. The molecule has 0 saturated carbocycles. The number of aromatic nitrogens is 3. The second kappa shape index (κ2) is 7.72. The molecule has 2 heterocycles. The van der Waals surface area contributed by atoms with Gasteiger partial charge in [0.15, 0.2) is 0 Å². The molecule has 2 aromatic carbocycles. The summed E-state index contributed by atoms with van der Waals surface area (Å²) in [6.07, 6.45) is 0. The Kier molecular flexibility index (Phi) is 5.11. The smallest absolute Gasteiger partial charge is 0.264 e. The summed E-state index contributed by atoms with van der Waals surface area (Å²) in [6, 6.07) is 15.3. The monoisotopic (exact) mass is 408 g/mol. The number of halogens is 1. The van der Waals surface area contributed by atoms with E-state index >= 15 is 0 Å². The van der Waals surface area contributed by atoms with Crippen molar-refractivity contribution in [3.05, 3.63) is 65.0 Å². The van der Waals surface area contributed by atoms with Gasteiger partial charge in [0.05, 0.1) is 0 Å². The Morgan fingerprint density at radius 3 is 2.69 bits per heavy atom. The van der Waals surface area contributed by atoms with Crippen LogP contribution < -0.4 is 5.32 Å². The molecule has 1 N–H and O–H groups in total. The highest BCUT2D eigenvalue weighted by Gasteiger charge is 2.19. The molecule has 7 heteroatoms. The zero-order valence-electron chi connectivity index (χ0n) is 16.4. The van der Waals surface area contributed by atoms with E-state index in [0.717, 1.165) is 16.5 Å². The van der Waals surface area contributed by atoms with Gasteiger partial charge in [-0.25, -0.2) is 0 Å². The van der Waals surface area contributed by atoms with Gasteiger partial charge in [-0.15, -0.1) is 10.2 Å². The Bertz CT molecular complexity index is 1190. The molecule has 4 rings (SSSR count). The molecular formula is C22H21ClN4O2. The van der Waals surface area contributed by atoms with Crippen molar-refractivity contribution in [1.29, 1.82) is 0 Å². The van der Waals surface area contributed by atoms with Crippen molar-refractivity contribution in [2.24, 2.45) is 0 Å². The predicted octanol–water partition coefficient (Wildman–Crippen LogP) is 5.42. The van der Waals surface area contributed by atoms with Crippen LogP contribution in [0.15, 0.2) is 52.9 Å². The van der Waals surface area contributed by atoms with Crippen LogP contribution in [0.4, 0.5) is 5.69 Å². The van der Waals surface area contributed by atoms with Gasteiger partial charge < -0.3 is 14.3 Å². The molecular weight excluding hydrogens is 388 g/mol. The van der Waals surface area contributed by atoms with Crippen LogP contribution in [-0.4, -0.2) is 20.7 Å². The van der Waals surface area contributed by atoms with Gasteiger partial charge in [0.25, 0.3) is 5.89 Å². The normalized spacial score (nSPS) is 11.3. The molecule has 148 valence electrons. The van der Waals surface area contributed by atoms with E-state index in [1.165, 1.54) is 0 Å². The largest absolute Gasteiger partial charge is 0.419 e. The van der Waals surface area contributed by atoms with Crippen molar-refractivity contribution in [3.63, 3.8) is 0 Å². The number of carbonyl (C=O) groups excluding carboxylic acids is 1. The molecule has 1 amide bonds. The minimum Gasteiger partial charge on any atom is -0.419 e. The zero-order valence-corrected chi connectivity index (χ0v) is 17.2. The lowest BCUT2D eigenvalue weighted by Crippen LogP contribution is -2.19. The van der Waals surface area contributed by atoms with Gasteiger partial charge in [-0.05, 0) is 36.8 Å². The molecule has 0 bridgehead atoms. The van der Waals surface area contributed by atoms with Crippen LogP contribution in [0, 0.1) is 6.92 Å². The molecule has 0 fully saturated rings. The average molecular weight is 409 g/mol. The van der Waals surface area contributed by atoms with Crippen LogP contribution in [0.1, 0.15) is 31.2 Å². The number of nitrogens with one attached hydrogen (secondary N) is 1. The number of para-hydroxylation sites is 1. The number of hydrogen-bond acceptors (Lipinski definition) is 4. The molecule has 0 aliphatic rings. The van der Waals surface area contributed by atoms with E-state index in [2.05, 4.69) is 15.5 Å². The predicted molar refractivity (Wildman–Crippen MR) is 114 cm³/mol. The van der Waals surface area contributed by atoms with Gasteiger partial charge in [-0.3, -0.25) is 4.79 Å². The molecule has 2 aromatic heterocycles. The highest BCUT2D eigenvalue weighted by Crippen LogP contribution is 2.29. The molecule has 6 nitrogen and oxygen atoms in total. The lowest BCUT2D eigenvalue weighted by Gasteiger charge is -2.10. The highest BCUT2D eigenvalue weighted by molar-refractivity contribution is 6.31. The minimum absolute atomic E-state index is 0.105. The lowest BCUT2D eigenvalue weighted by molar-refractivity contribution is -0.116. The number of fused-ring (bicyclic) bond motifs is 1. The number of amides is 1. The average Bonchev–Trinajstić information content (AvgIpc) is 3.30. The van der Waals surface area contributed by atoms with Crippen molar-refractivity contribution in [2.75, 3.05) is 5.32 Å². The van der Waals surface area contributed by atoms with Gasteiger partial charge in [-0.2, -0.15) is 0 Å². The fourth-order valence-electron chi connectivity index (χ4n) is 3.14. The fourth-order valence-corrected chi connectivity index (χ4v) is 3.32. The van der Waals surface area contributed by atoms with E-state index < -0.39 is 0 Å². The number of rotatable bonds is 5. The fraction of sp³-hybridized carbons (Fsp3) is 0.227. The Balaban J connectivity index is 1.68. The first-order valence-electron chi connectivity index (χ1n) is 9.40. The van der Waals surface area contributed by atoms with Crippen LogP contribution >= 0.6 is 11.6 Å². The molecule has 4 aromatic rings. The van der Waals surface area contributed by atoms with Crippen LogP contribution in [0.2, 0.25) is 5.02 Å². The number of benzene rings is 2. The highest BCUT2D eigenvalue weighted by atomic mass is 35.5. The van der Waals surface area contributed by atoms with Crippen molar-refractivity contribution in [2.45, 2.75) is 33.2 Å².